The summed E-state index contributed by atoms with van der Waals surface area (Å²) < 4.78 is 11.9. The minimum absolute atomic E-state index is 0.124. The van der Waals surface area contributed by atoms with E-state index >= 15 is 0 Å². The number of rotatable bonds is 6. The molecule has 0 spiro atoms. The van der Waals surface area contributed by atoms with Gasteiger partial charge in [0.15, 0.2) is 0 Å². The van der Waals surface area contributed by atoms with Crippen molar-refractivity contribution in [1.29, 1.82) is 0 Å². The Hall–Kier alpha value is -3.53. The third-order valence-electron chi connectivity index (χ3n) is 4.90. The molecule has 0 unspecified atom stereocenters. The average Bonchev–Trinajstić information content (AvgIpc) is 3.36. The van der Waals surface area contributed by atoms with Gasteiger partial charge < -0.3 is 14.2 Å². The summed E-state index contributed by atoms with van der Waals surface area (Å²) >= 11 is 0. The first-order valence-corrected chi connectivity index (χ1v) is 9.65. The van der Waals surface area contributed by atoms with Crippen LogP contribution in [0.25, 0.3) is 0 Å². The van der Waals surface area contributed by atoms with Gasteiger partial charge in [0, 0.05) is 12.1 Å². The summed E-state index contributed by atoms with van der Waals surface area (Å²) in [7, 11) is 0. The van der Waals surface area contributed by atoms with Gasteiger partial charge in [0.25, 0.3) is 5.91 Å². The van der Waals surface area contributed by atoms with Crippen LogP contribution in [0.3, 0.4) is 0 Å². The maximum Gasteiger partial charge on any atom is 0.251 e. The highest BCUT2D eigenvalue weighted by Crippen LogP contribution is 2.35. The molecule has 4 aromatic rings. The van der Waals surface area contributed by atoms with Crippen LogP contribution in [-0.4, -0.2) is 5.91 Å². The molecular formula is C25H23NO3. The molecule has 1 N–H and O–H groups in total. The van der Waals surface area contributed by atoms with E-state index in [2.05, 4.69) is 5.32 Å². The highest BCUT2D eigenvalue weighted by atomic mass is 16.4. The SMILES string of the molecule is Cc1ccc(C(c2ccc(C)o2)c2ccccc2C(=O)NCc2ccccc2)o1. The smallest absolute Gasteiger partial charge is 0.251 e. The van der Waals surface area contributed by atoms with Crippen LogP contribution >= 0.6 is 0 Å². The molecule has 2 aromatic heterocycles. The number of hydrogen-bond donors (Lipinski definition) is 1. The Morgan fingerprint density at radius 2 is 1.38 bits per heavy atom. The summed E-state index contributed by atoms with van der Waals surface area (Å²) in [5.74, 6) is 2.72. The highest BCUT2D eigenvalue weighted by molar-refractivity contribution is 5.96. The zero-order chi connectivity index (χ0) is 20.2. The van der Waals surface area contributed by atoms with E-state index in [1.807, 2.05) is 92.7 Å². The highest BCUT2D eigenvalue weighted by Gasteiger charge is 2.27. The molecule has 2 heterocycles. The topological polar surface area (TPSA) is 55.4 Å². The molecule has 4 rings (SSSR count). The zero-order valence-electron chi connectivity index (χ0n) is 16.5. The Morgan fingerprint density at radius 1 is 0.793 bits per heavy atom. The van der Waals surface area contributed by atoms with Crippen LogP contribution in [0.5, 0.6) is 0 Å². The lowest BCUT2D eigenvalue weighted by Gasteiger charge is -2.17. The number of amides is 1. The molecule has 2 aromatic carbocycles. The fourth-order valence-corrected chi connectivity index (χ4v) is 3.49. The quantitative estimate of drug-likeness (QED) is 0.470. The summed E-state index contributed by atoms with van der Waals surface area (Å²) in [5, 5.41) is 3.02. The van der Waals surface area contributed by atoms with Crippen LogP contribution in [0.1, 0.15) is 50.4 Å². The molecule has 0 atom stereocenters. The van der Waals surface area contributed by atoms with Crippen molar-refractivity contribution in [1.82, 2.24) is 5.32 Å². The van der Waals surface area contributed by atoms with Crippen LogP contribution in [-0.2, 0) is 6.54 Å². The molecule has 0 aliphatic heterocycles. The average molecular weight is 385 g/mol. The molecule has 29 heavy (non-hydrogen) atoms. The van der Waals surface area contributed by atoms with Crippen molar-refractivity contribution < 1.29 is 13.6 Å². The third kappa shape index (κ3) is 4.16. The van der Waals surface area contributed by atoms with Crippen LogP contribution in [0, 0.1) is 13.8 Å². The Labute approximate surface area is 170 Å². The standard InChI is InChI=1S/C25H23NO3/c1-17-12-14-22(28-17)24(23-15-13-18(2)29-23)20-10-6-7-11-21(20)25(27)26-16-19-8-4-3-5-9-19/h3-15,24H,16H2,1-2H3,(H,26,27). The van der Waals surface area contributed by atoms with Gasteiger partial charge >= 0.3 is 0 Å². The van der Waals surface area contributed by atoms with Crippen molar-refractivity contribution in [3.05, 3.63) is 119 Å². The van der Waals surface area contributed by atoms with Crippen molar-refractivity contribution in [3.8, 4) is 0 Å². The second kappa shape index (κ2) is 8.23. The van der Waals surface area contributed by atoms with Crippen molar-refractivity contribution in [3.63, 3.8) is 0 Å². The summed E-state index contributed by atoms with van der Waals surface area (Å²) in [6, 6.07) is 25.2. The van der Waals surface area contributed by atoms with Crippen molar-refractivity contribution >= 4 is 5.91 Å². The van der Waals surface area contributed by atoms with Crippen molar-refractivity contribution in [2.45, 2.75) is 26.3 Å². The molecular weight excluding hydrogens is 362 g/mol. The lowest BCUT2D eigenvalue weighted by atomic mass is 9.89. The molecule has 0 fully saturated rings. The maximum atomic E-state index is 13.0. The second-order valence-electron chi connectivity index (χ2n) is 7.09. The molecule has 0 radical (unpaired) electrons. The van der Waals surface area contributed by atoms with E-state index < -0.39 is 0 Å². The number of nitrogens with one attached hydrogen (secondary N) is 1. The van der Waals surface area contributed by atoms with E-state index in [-0.39, 0.29) is 11.8 Å². The van der Waals surface area contributed by atoms with Gasteiger partial charge in [0.1, 0.15) is 29.0 Å². The summed E-state index contributed by atoms with van der Waals surface area (Å²) in [4.78, 5) is 13.0. The van der Waals surface area contributed by atoms with Gasteiger partial charge in [0.2, 0.25) is 0 Å². The van der Waals surface area contributed by atoms with Gasteiger partial charge in [-0.25, -0.2) is 0 Å². The molecule has 4 nitrogen and oxygen atoms in total. The molecule has 0 saturated heterocycles. The first-order chi connectivity index (χ1) is 14.1. The fraction of sp³-hybridized carbons (Fsp3) is 0.160. The lowest BCUT2D eigenvalue weighted by Crippen LogP contribution is -2.24. The largest absolute Gasteiger partial charge is 0.465 e. The van der Waals surface area contributed by atoms with Gasteiger partial charge in [-0.05, 0) is 55.3 Å². The minimum Gasteiger partial charge on any atom is -0.465 e. The zero-order valence-corrected chi connectivity index (χ0v) is 16.5. The van der Waals surface area contributed by atoms with E-state index in [1.54, 1.807) is 0 Å². The summed E-state index contributed by atoms with van der Waals surface area (Å²) in [5.41, 5.74) is 2.51. The predicted molar refractivity (Wildman–Crippen MR) is 112 cm³/mol. The second-order valence-corrected chi connectivity index (χ2v) is 7.09. The number of carbonyl (C=O) groups is 1. The van der Waals surface area contributed by atoms with Crippen LogP contribution in [0.2, 0.25) is 0 Å². The molecule has 0 saturated carbocycles. The molecule has 0 bridgehead atoms. The van der Waals surface area contributed by atoms with Crippen molar-refractivity contribution in [2.75, 3.05) is 0 Å². The lowest BCUT2D eigenvalue weighted by molar-refractivity contribution is 0.0949. The van der Waals surface area contributed by atoms with Crippen LogP contribution in [0.4, 0.5) is 0 Å². The van der Waals surface area contributed by atoms with E-state index in [0.717, 1.165) is 34.2 Å². The third-order valence-corrected chi connectivity index (χ3v) is 4.90. The minimum atomic E-state index is -0.295. The fourth-order valence-electron chi connectivity index (χ4n) is 3.49. The van der Waals surface area contributed by atoms with E-state index in [1.165, 1.54) is 0 Å². The first-order valence-electron chi connectivity index (χ1n) is 9.65. The number of aryl methyl sites for hydroxylation is 2. The predicted octanol–water partition coefficient (Wildman–Crippen LogP) is 5.60. The normalized spacial score (nSPS) is 11.0. The van der Waals surface area contributed by atoms with E-state index in [9.17, 15) is 4.79 Å². The summed E-state index contributed by atoms with van der Waals surface area (Å²) in [6.07, 6.45) is 0. The van der Waals surface area contributed by atoms with Gasteiger partial charge in [-0.1, -0.05) is 48.5 Å². The molecule has 0 aliphatic rings. The van der Waals surface area contributed by atoms with Crippen molar-refractivity contribution in [2.24, 2.45) is 0 Å². The number of carbonyl (C=O) groups excluding carboxylic acids is 1. The Balaban J connectivity index is 1.69. The number of benzene rings is 2. The van der Waals surface area contributed by atoms with Crippen LogP contribution in [0.15, 0.2) is 87.7 Å². The maximum absolute atomic E-state index is 13.0. The number of furan rings is 2. The van der Waals surface area contributed by atoms with Gasteiger partial charge in [0.05, 0.1) is 0 Å². The molecule has 146 valence electrons. The van der Waals surface area contributed by atoms with Gasteiger partial charge in [-0.3, -0.25) is 4.79 Å². The Morgan fingerprint density at radius 3 is 1.97 bits per heavy atom. The summed E-state index contributed by atoms with van der Waals surface area (Å²) in [6.45, 7) is 4.29. The molecule has 1 amide bonds. The number of hydrogen-bond acceptors (Lipinski definition) is 3. The van der Waals surface area contributed by atoms with Gasteiger partial charge in [-0.15, -0.1) is 0 Å². The Kier molecular flexibility index (Phi) is 5.34. The van der Waals surface area contributed by atoms with E-state index in [4.69, 9.17) is 8.83 Å². The molecule has 0 aliphatic carbocycles. The molecule has 4 heteroatoms. The van der Waals surface area contributed by atoms with E-state index in [0.29, 0.717) is 12.1 Å². The first kappa shape index (κ1) is 18.8. The monoisotopic (exact) mass is 385 g/mol. The van der Waals surface area contributed by atoms with Crippen LogP contribution < -0.4 is 5.32 Å². The van der Waals surface area contributed by atoms with Gasteiger partial charge in [-0.2, -0.15) is 0 Å². The Bertz CT molecular complexity index is 1070.